The summed E-state index contributed by atoms with van der Waals surface area (Å²) in [5.74, 6) is 0. The predicted octanol–water partition coefficient (Wildman–Crippen LogP) is 17.4. The molecular weight excluding hydrogens is 809 g/mol. The molecule has 2 aromatic heterocycles. The Labute approximate surface area is 382 Å². The average molecular weight is 863 g/mol. The molecule has 0 amide bonds. The van der Waals surface area contributed by atoms with Crippen LogP contribution in [0.3, 0.4) is 0 Å². The fourth-order valence-electron chi connectivity index (χ4n) is 9.77. The van der Waals surface area contributed by atoms with Crippen LogP contribution in [-0.2, 0) is 0 Å². The fraction of sp³-hybridized carbons (Fsp3) is 0.167. The van der Waals surface area contributed by atoms with Crippen molar-refractivity contribution in [2.45, 2.75) is 68.1 Å². The Morgan fingerprint density at radius 2 is 0.677 bits per heavy atom. The molecule has 0 N–H and O–H groups in total. The highest BCUT2D eigenvalue weighted by Crippen LogP contribution is 2.43. The molecule has 0 saturated heterocycles. The van der Waals surface area contributed by atoms with Crippen LogP contribution < -0.4 is 15.0 Å². The summed E-state index contributed by atoms with van der Waals surface area (Å²) >= 11 is 0. The van der Waals surface area contributed by atoms with Crippen LogP contribution in [0.5, 0.6) is 0 Å². The monoisotopic (exact) mass is 862 g/mol. The van der Waals surface area contributed by atoms with Gasteiger partial charge in [0.15, 0.2) is 0 Å². The van der Waals surface area contributed by atoms with Gasteiger partial charge in [0.1, 0.15) is 22.3 Å². The summed E-state index contributed by atoms with van der Waals surface area (Å²) in [5.41, 5.74) is 19.3. The van der Waals surface area contributed by atoms with E-state index < -0.39 is 8.07 Å². The van der Waals surface area contributed by atoms with Gasteiger partial charge in [-0.25, -0.2) is 0 Å². The van der Waals surface area contributed by atoms with Crippen LogP contribution in [-0.4, -0.2) is 8.07 Å². The summed E-state index contributed by atoms with van der Waals surface area (Å²) in [5, 5.41) is 10.3. The van der Waals surface area contributed by atoms with E-state index in [9.17, 15) is 0 Å². The zero-order valence-corrected chi connectivity index (χ0v) is 40.1. The first kappa shape index (κ1) is 40.7. The van der Waals surface area contributed by atoms with Crippen molar-refractivity contribution < 1.29 is 8.83 Å². The number of rotatable bonds is 7. The van der Waals surface area contributed by atoms with Gasteiger partial charge < -0.3 is 18.6 Å². The van der Waals surface area contributed by atoms with Gasteiger partial charge in [0, 0.05) is 55.7 Å². The second-order valence-electron chi connectivity index (χ2n) is 19.5. The van der Waals surface area contributed by atoms with Gasteiger partial charge in [0.2, 0.25) is 0 Å². The first-order valence-corrected chi connectivity index (χ1v) is 26.3. The van der Waals surface area contributed by atoms with E-state index >= 15 is 0 Å². The third-order valence-corrected chi connectivity index (χ3v) is 16.2. The minimum Gasteiger partial charge on any atom is -0.456 e. The Morgan fingerprint density at radius 3 is 1.08 bits per heavy atom. The van der Waals surface area contributed by atoms with Crippen LogP contribution in [0.15, 0.2) is 154 Å². The lowest BCUT2D eigenvalue weighted by Crippen LogP contribution is -2.37. The van der Waals surface area contributed by atoms with E-state index in [-0.39, 0.29) is 0 Å². The van der Waals surface area contributed by atoms with Gasteiger partial charge in [-0.3, -0.25) is 0 Å². The van der Waals surface area contributed by atoms with Crippen LogP contribution in [0, 0.1) is 48.5 Å². The SMILES string of the molecule is Cc1ccc(N(c2cc(C)c(C)c(C)c2)c2ccc3cc4c(cc3c2)oc2cc3c(cc24)oc2cc4cc(N(c5ccc([Si](C)(C)C)cc5)c5cc(C)c(C)c(C)c5)ccc4cc23)cc1. The summed E-state index contributed by atoms with van der Waals surface area (Å²) in [7, 11) is -1.46. The average Bonchev–Trinajstić information content (AvgIpc) is 3.81. The molecule has 0 radical (unpaired) electrons. The van der Waals surface area contributed by atoms with Crippen molar-refractivity contribution >= 4 is 113 Å². The zero-order valence-electron chi connectivity index (χ0n) is 39.1. The summed E-state index contributed by atoms with van der Waals surface area (Å²) < 4.78 is 13.5. The maximum atomic E-state index is 6.73. The third-order valence-electron chi connectivity index (χ3n) is 14.1. The highest BCUT2D eigenvalue weighted by molar-refractivity contribution is 6.88. The molecule has 4 nitrogen and oxygen atoms in total. The number of hydrogen-bond acceptors (Lipinski definition) is 4. The molecule has 0 aliphatic rings. The summed E-state index contributed by atoms with van der Waals surface area (Å²) in [4.78, 5) is 4.75. The highest BCUT2D eigenvalue weighted by Gasteiger charge is 2.21. The van der Waals surface area contributed by atoms with E-state index in [1.54, 1.807) is 0 Å². The molecule has 320 valence electrons. The van der Waals surface area contributed by atoms with Crippen LogP contribution in [0.4, 0.5) is 34.1 Å². The predicted molar refractivity (Wildman–Crippen MR) is 282 cm³/mol. The standard InChI is InChI=1S/C60H54N2O2Si/c1-35-11-15-46(16-12-35)61(50-23-36(2)40(6)37(3)24-50)48-17-13-42-29-53-55-33-60-56(34-59(55)63-57(53)31-44(42)27-48)54-30-43-14-18-49(28-45(43)32-58(54)64-60)62(51-25-38(4)41(7)39(5)26-51)47-19-21-52(22-20-47)65(8,9)10/h11-34H,1-10H3. The molecule has 0 aliphatic heterocycles. The third kappa shape index (κ3) is 6.97. The molecular formula is C60H54N2O2Si. The Hall–Kier alpha value is -7.08. The van der Waals surface area contributed by atoms with Gasteiger partial charge in [-0.05, 0) is 213 Å². The molecule has 0 aliphatic carbocycles. The zero-order chi connectivity index (χ0) is 45.1. The first-order chi connectivity index (χ1) is 31.2. The van der Waals surface area contributed by atoms with E-state index in [4.69, 9.17) is 8.83 Å². The van der Waals surface area contributed by atoms with Gasteiger partial charge >= 0.3 is 0 Å². The summed E-state index contributed by atoms with van der Waals surface area (Å²) in [6.45, 7) is 22.6. The Bertz CT molecular complexity index is 3670. The van der Waals surface area contributed by atoms with Crippen molar-refractivity contribution in [3.05, 3.63) is 185 Å². The molecule has 2 heterocycles. The Balaban J connectivity index is 0.995. The minimum absolute atomic E-state index is 0.854. The molecule has 0 spiro atoms. The van der Waals surface area contributed by atoms with Crippen molar-refractivity contribution in [1.82, 2.24) is 0 Å². The molecule has 0 saturated carbocycles. The molecule has 0 unspecified atom stereocenters. The highest BCUT2D eigenvalue weighted by atomic mass is 28.3. The number of furan rings is 2. The van der Waals surface area contributed by atoms with Crippen molar-refractivity contribution in [3.63, 3.8) is 0 Å². The summed E-state index contributed by atoms with van der Waals surface area (Å²) in [6.07, 6.45) is 0. The largest absolute Gasteiger partial charge is 0.456 e. The van der Waals surface area contributed by atoms with Crippen molar-refractivity contribution in [3.8, 4) is 0 Å². The normalized spacial score (nSPS) is 12.2. The molecule has 5 heteroatoms. The molecule has 11 aromatic rings. The van der Waals surface area contributed by atoms with Crippen LogP contribution in [0.25, 0.3) is 65.4 Å². The maximum Gasteiger partial charge on any atom is 0.136 e. The fourth-order valence-corrected chi connectivity index (χ4v) is 10.9. The molecule has 9 aromatic carbocycles. The maximum absolute atomic E-state index is 6.73. The lowest BCUT2D eigenvalue weighted by Gasteiger charge is -2.28. The van der Waals surface area contributed by atoms with E-state index in [1.807, 2.05) is 0 Å². The van der Waals surface area contributed by atoms with Gasteiger partial charge in [0.05, 0.1) is 8.07 Å². The lowest BCUT2D eigenvalue weighted by molar-refractivity contribution is 0.664. The Kier molecular flexibility index (Phi) is 9.39. The lowest BCUT2D eigenvalue weighted by atomic mass is 10.0. The molecule has 65 heavy (non-hydrogen) atoms. The Morgan fingerprint density at radius 1 is 0.323 bits per heavy atom. The second-order valence-corrected chi connectivity index (χ2v) is 24.6. The number of hydrogen-bond donors (Lipinski definition) is 0. The first-order valence-electron chi connectivity index (χ1n) is 22.8. The number of benzene rings is 9. The smallest absolute Gasteiger partial charge is 0.136 e. The molecule has 11 rings (SSSR count). The quantitative estimate of drug-likeness (QED) is 0.149. The van der Waals surface area contributed by atoms with E-state index in [0.717, 1.165) is 99.5 Å². The second kappa shape index (κ2) is 15.0. The summed E-state index contributed by atoms with van der Waals surface area (Å²) in [6, 6.07) is 54.1. The van der Waals surface area contributed by atoms with Crippen molar-refractivity contribution in [2.75, 3.05) is 9.80 Å². The molecule has 0 bridgehead atoms. The van der Waals surface area contributed by atoms with Crippen molar-refractivity contribution in [2.24, 2.45) is 0 Å². The minimum atomic E-state index is -1.46. The van der Waals surface area contributed by atoms with E-state index in [2.05, 4.69) is 223 Å². The number of anilines is 6. The van der Waals surface area contributed by atoms with Crippen LogP contribution in [0.2, 0.25) is 19.6 Å². The van der Waals surface area contributed by atoms with Crippen molar-refractivity contribution in [1.29, 1.82) is 0 Å². The number of aryl methyl sites for hydroxylation is 5. The molecule has 0 atom stereocenters. The number of nitrogens with zero attached hydrogens (tertiary/aromatic N) is 2. The van der Waals surface area contributed by atoms with Crippen LogP contribution >= 0.6 is 0 Å². The van der Waals surface area contributed by atoms with E-state index in [0.29, 0.717) is 0 Å². The number of fused-ring (bicyclic) bond motifs is 8. The van der Waals surface area contributed by atoms with E-state index in [1.165, 1.54) is 44.1 Å². The topological polar surface area (TPSA) is 32.8 Å². The van der Waals surface area contributed by atoms with Gasteiger partial charge in [-0.2, -0.15) is 0 Å². The molecule has 0 fully saturated rings. The van der Waals surface area contributed by atoms with Gasteiger partial charge in [-0.15, -0.1) is 0 Å². The van der Waals surface area contributed by atoms with Crippen LogP contribution in [0.1, 0.15) is 38.9 Å². The van der Waals surface area contributed by atoms with Gasteiger partial charge in [-0.1, -0.05) is 66.8 Å². The van der Waals surface area contributed by atoms with Gasteiger partial charge in [0.25, 0.3) is 0 Å².